The summed E-state index contributed by atoms with van der Waals surface area (Å²) in [6.07, 6.45) is 0. The molecule has 0 bridgehead atoms. The number of aliphatic carboxylic acids is 1. The normalized spacial score (nSPS) is 11.8. The molecule has 122 valence electrons. The van der Waals surface area contributed by atoms with Crippen molar-refractivity contribution in [3.8, 4) is 11.5 Å². The van der Waals surface area contributed by atoms with Crippen LogP contribution < -0.4 is 15.2 Å². The Labute approximate surface area is 137 Å². The highest BCUT2D eigenvalue weighted by Crippen LogP contribution is 2.28. The van der Waals surface area contributed by atoms with Crippen molar-refractivity contribution in [1.29, 1.82) is 0 Å². The summed E-state index contributed by atoms with van der Waals surface area (Å²) in [5, 5.41) is 9.12. The number of carboxylic acids is 1. The summed E-state index contributed by atoms with van der Waals surface area (Å²) in [4.78, 5) is 11.0. The zero-order valence-electron chi connectivity index (χ0n) is 12.3. The molecule has 0 saturated heterocycles. The monoisotopic (exact) mass is 339 g/mol. The second kappa shape index (κ2) is 7.30. The predicted molar refractivity (Wildman–Crippen MR) is 83.3 cm³/mol. The van der Waals surface area contributed by atoms with Crippen LogP contribution in [0, 0.1) is 5.82 Å². The van der Waals surface area contributed by atoms with Crippen LogP contribution in [-0.2, 0) is 11.4 Å². The number of carbonyl (C=O) groups is 1. The summed E-state index contributed by atoms with van der Waals surface area (Å²) in [5.41, 5.74) is 6.62. The summed E-state index contributed by atoms with van der Waals surface area (Å²) in [6.45, 7) is 0.0642. The van der Waals surface area contributed by atoms with E-state index in [1.807, 2.05) is 0 Å². The summed E-state index contributed by atoms with van der Waals surface area (Å²) in [6, 6.07) is 7.43. The van der Waals surface area contributed by atoms with E-state index in [2.05, 4.69) is 0 Å². The van der Waals surface area contributed by atoms with Crippen LogP contribution in [-0.4, -0.2) is 18.2 Å². The first-order valence-corrected chi connectivity index (χ1v) is 7.03. The van der Waals surface area contributed by atoms with Gasteiger partial charge in [0.25, 0.3) is 0 Å². The molecule has 1 atom stereocenters. The SMILES string of the molecule is COc1ccc([C@H](N)C(=O)O)cc1COc1ccc(F)cc1Cl. The van der Waals surface area contributed by atoms with Crippen LogP contribution in [0.1, 0.15) is 17.2 Å². The minimum atomic E-state index is -1.14. The standard InChI is InChI=1S/C16H15ClFNO4/c1-22-13-4-2-9(15(19)16(20)21)6-10(13)8-23-14-5-3-11(18)7-12(14)17/h2-7,15H,8,19H2,1H3,(H,20,21)/t15-/m0/s1. The van der Waals surface area contributed by atoms with Crippen LogP contribution in [0.2, 0.25) is 5.02 Å². The molecule has 0 unspecified atom stereocenters. The molecule has 23 heavy (non-hydrogen) atoms. The van der Waals surface area contributed by atoms with E-state index in [1.165, 1.54) is 19.2 Å². The average molecular weight is 340 g/mol. The van der Waals surface area contributed by atoms with Crippen molar-refractivity contribution in [3.63, 3.8) is 0 Å². The Bertz CT molecular complexity index is 723. The van der Waals surface area contributed by atoms with Gasteiger partial charge in [-0.2, -0.15) is 0 Å². The van der Waals surface area contributed by atoms with Crippen molar-refractivity contribution < 1.29 is 23.8 Å². The highest BCUT2D eigenvalue weighted by molar-refractivity contribution is 6.32. The molecule has 0 aliphatic heterocycles. The van der Waals surface area contributed by atoms with Crippen molar-refractivity contribution in [3.05, 3.63) is 58.4 Å². The molecule has 0 aliphatic rings. The van der Waals surface area contributed by atoms with Gasteiger partial charge >= 0.3 is 5.97 Å². The number of hydrogen-bond acceptors (Lipinski definition) is 4. The second-order valence-electron chi connectivity index (χ2n) is 4.75. The summed E-state index contributed by atoms with van der Waals surface area (Å²) in [7, 11) is 1.49. The van der Waals surface area contributed by atoms with E-state index in [9.17, 15) is 9.18 Å². The first kappa shape index (κ1) is 17.1. The number of halogens is 2. The second-order valence-corrected chi connectivity index (χ2v) is 5.16. The van der Waals surface area contributed by atoms with E-state index >= 15 is 0 Å². The van der Waals surface area contributed by atoms with Gasteiger partial charge in [-0.3, -0.25) is 4.79 Å². The van der Waals surface area contributed by atoms with Crippen LogP contribution in [0.25, 0.3) is 0 Å². The van der Waals surface area contributed by atoms with Crippen LogP contribution in [0.4, 0.5) is 4.39 Å². The number of nitrogens with two attached hydrogens (primary N) is 1. The number of rotatable bonds is 6. The smallest absolute Gasteiger partial charge is 0.325 e. The maximum atomic E-state index is 13.0. The molecule has 2 aromatic carbocycles. The number of methoxy groups -OCH3 is 1. The number of benzene rings is 2. The number of ether oxygens (including phenoxy) is 2. The van der Waals surface area contributed by atoms with Gasteiger partial charge in [-0.15, -0.1) is 0 Å². The van der Waals surface area contributed by atoms with Crippen LogP contribution in [0.15, 0.2) is 36.4 Å². The quantitative estimate of drug-likeness (QED) is 0.844. The minimum absolute atomic E-state index is 0.0642. The van der Waals surface area contributed by atoms with E-state index in [4.69, 9.17) is 31.9 Å². The molecule has 0 radical (unpaired) electrons. The summed E-state index contributed by atoms with van der Waals surface area (Å²) >= 11 is 5.90. The Kier molecular flexibility index (Phi) is 5.41. The molecule has 0 spiro atoms. The Balaban J connectivity index is 2.23. The van der Waals surface area contributed by atoms with Gasteiger partial charge in [-0.1, -0.05) is 17.7 Å². The van der Waals surface area contributed by atoms with Crippen molar-refractivity contribution >= 4 is 17.6 Å². The van der Waals surface area contributed by atoms with Crippen molar-refractivity contribution in [1.82, 2.24) is 0 Å². The third-order valence-electron chi connectivity index (χ3n) is 3.21. The van der Waals surface area contributed by atoms with Gasteiger partial charge in [0.05, 0.1) is 12.1 Å². The zero-order chi connectivity index (χ0) is 17.0. The van der Waals surface area contributed by atoms with Gasteiger partial charge in [0, 0.05) is 5.56 Å². The largest absolute Gasteiger partial charge is 0.496 e. The van der Waals surface area contributed by atoms with E-state index < -0.39 is 17.8 Å². The van der Waals surface area contributed by atoms with Crippen LogP contribution in [0.5, 0.6) is 11.5 Å². The van der Waals surface area contributed by atoms with Crippen molar-refractivity contribution in [2.24, 2.45) is 5.73 Å². The van der Waals surface area contributed by atoms with E-state index in [0.29, 0.717) is 22.6 Å². The maximum absolute atomic E-state index is 13.0. The fourth-order valence-electron chi connectivity index (χ4n) is 2.00. The van der Waals surface area contributed by atoms with Gasteiger partial charge in [-0.25, -0.2) is 4.39 Å². The molecule has 3 N–H and O–H groups in total. The third kappa shape index (κ3) is 4.12. The van der Waals surface area contributed by atoms with Gasteiger partial charge in [-0.05, 0) is 35.9 Å². The lowest BCUT2D eigenvalue weighted by Gasteiger charge is -2.14. The molecule has 0 aliphatic carbocycles. The topological polar surface area (TPSA) is 81.8 Å². The van der Waals surface area contributed by atoms with Crippen molar-refractivity contribution in [2.45, 2.75) is 12.6 Å². The van der Waals surface area contributed by atoms with E-state index in [-0.39, 0.29) is 11.6 Å². The first-order valence-electron chi connectivity index (χ1n) is 6.65. The molecular formula is C16H15ClFNO4. The van der Waals surface area contributed by atoms with E-state index in [1.54, 1.807) is 18.2 Å². The molecular weight excluding hydrogens is 325 g/mol. The van der Waals surface area contributed by atoms with Gasteiger partial charge in [0.15, 0.2) is 0 Å². The fourth-order valence-corrected chi connectivity index (χ4v) is 2.22. The Morgan fingerprint density at radius 2 is 2.00 bits per heavy atom. The lowest BCUT2D eigenvalue weighted by Crippen LogP contribution is -2.20. The molecule has 0 fully saturated rings. The van der Waals surface area contributed by atoms with Gasteiger partial charge in [0.1, 0.15) is 30.0 Å². The number of hydrogen-bond donors (Lipinski definition) is 2. The molecule has 0 saturated carbocycles. The average Bonchev–Trinajstić information content (AvgIpc) is 2.53. The summed E-state index contributed by atoms with van der Waals surface area (Å²) in [5.74, 6) is -0.773. The molecule has 0 heterocycles. The molecule has 0 aromatic heterocycles. The molecule has 0 amide bonds. The van der Waals surface area contributed by atoms with Crippen molar-refractivity contribution in [2.75, 3.05) is 7.11 Å². The third-order valence-corrected chi connectivity index (χ3v) is 3.50. The molecule has 2 aromatic rings. The Morgan fingerprint density at radius 3 is 2.61 bits per heavy atom. The highest BCUT2D eigenvalue weighted by atomic mass is 35.5. The summed E-state index contributed by atoms with van der Waals surface area (Å²) < 4.78 is 23.8. The Hall–Kier alpha value is -2.31. The Morgan fingerprint density at radius 1 is 1.30 bits per heavy atom. The zero-order valence-corrected chi connectivity index (χ0v) is 13.0. The predicted octanol–water partition coefficient (Wildman–Crippen LogP) is 3.15. The van der Waals surface area contributed by atoms with Crippen LogP contribution in [0.3, 0.4) is 0 Å². The fraction of sp³-hybridized carbons (Fsp3) is 0.188. The van der Waals surface area contributed by atoms with E-state index in [0.717, 1.165) is 6.07 Å². The first-order chi connectivity index (χ1) is 10.9. The van der Waals surface area contributed by atoms with Gasteiger partial charge in [0.2, 0.25) is 0 Å². The lowest BCUT2D eigenvalue weighted by molar-refractivity contribution is -0.138. The molecule has 7 heteroatoms. The van der Waals surface area contributed by atoms with Crippen LogP contribution >= 0.6 is 11.6 Å². The minimum Gasteiger partial charge on any atom is -0.496 e. The maximum Gasteiger partial charge on any atom is 0.325 e. The molecule has 5 nitrogen and oxygen atoms in total. The molecule has 2 rings (SSSR count). The van der Waals surface area contributed by atoms with Gasteiger partial charge < -0.3 is 20.3 Å². The lowest BCUT2D eigenvalue weighted by atomic mass is 10.0. The number of carboxylic acid groups (broad SMARTS) is 1. The highest BCUT2D eigenvalue weighted by Gasteiger charge is 2.16.